The number of nitrogens with one attached hydrogen (secondary N) is 2. The quantitative estimate of drug-likeness (QED) is 0.305. The number of guanidine groups is 1. The van der Waals surface area contributed by atoms with Gasteiger partial charge >= 0.3 is 0 Å². The molecule has 3 rings (SSSR count). The Labute approximate surface area is 190 Å². The van der Waals surface area contributed by atoms with Crippen molar-refractivity contribution in [3.8, 4) is 0 Å². The number of aliphatic hydroxyl groups is 1. The molecule has 2 unspecified atom stereocenters. The van der Waals surface area contributed by atoms with Crippen LogP contribution in [-0.4, -0.2) is 67.0 Å². The topological polar surface area (TPSA) is 69.1 Å². The zero-order valence-corrected chi connectivity index (χ0v) is 20.1. The summed E-state index contributed by atoms with van der Waals surface area (Å²) in [6, 6.07) is 5.03. The molecule has 2 aliphatic rings. The number of hydrogen-bond acceptors (Lipinski definition) is 5. The van der Waals surface area contributed by atoms with Crippen LogP contribution in [0, 0.1) is 0 Å². The third-order valence-corrected chi connectivity index (χ3v) is 6.36. The van der Waals surface area contributed by atoms with Crippen molar-refractivity contribution in [3.05, 3.63) is 22.4 Å². The summed E-state index contributed by atoms with van der Waals surface area (Å²) in [6.45, 7) is 8.51. The van der Waals surface area contributed by atoms with E-state index in [1.54, 1.807) is 11.3 Å². The molecule has 1 saturated heterocycles. The number of hydrogen-bond donors (Lipinski definition) is 3. The molecular weight excluding hydrogens is 487 g/mol. The lowest BCUT2D eigenvalue weighted by Gasteiger charge is -2.36. The molecular formula is C20H35IN4O2S. The van der Waals surface area contributed by atoms with E-state index in [4.69, 9.17) is 9.73 Å². The van der Waals surface area contributed by atoms with Crippen molar-refractivity contribution in [2.75, 3.05) is 32.8 Å². The Balaban J connectivity index is 0.00000280. The number of aliphatic imine (C=N–C) groups is 1. The Bertz CT molecular complexity index is 579. The van der Waals surface area contributed by atoms with E-state index >= 15 is 0 Å². The average molecular weight is 522 g/mol. The molecule has 8 heteroatoms. The summed E-state index contributed by atoms with van der Waals surface area (Å²) in [4.78, 5) is 8.81. The predicted octanol–water partition coefficient (Wildman–Crippen LogP) is 2.99. The van der Waals surface area contributed by atoms with E-state index < -0.39 is 0 Å². The first-order valence-electron chi connectivity index (χ1n) is 10.3. The van der Waals surface area contributed by atoms with Crippen LogP contribution < -0.4 is 10.6 Å². The summed E-state index contributed by atoms with van der Waals surface area (Å²) < 4.78 is 5.73. The van der Waals surface area contributed by atoms with Crippen LogP contribution >= 0.6 is 35.3 Å². The van der Waals surface area contributed by atoms with E-state index in [0.717, 1.165) is 64.4 Å². The van der Waals surface area contributed by atoms with Crippen molar-refractivity contribution < 1.29 is 9.84 Å². The van der Waals surface area contributed by atoms with Crippen molar-refractivity contribution in [3.63, 3.8) is 0 Å². The van der Waals surface area contributed by atoms with Crippen molar-refractivity contribution in [1.82, 2.24) is 15.5 Å². The molecule has 160 valence electrons. The van der Waals surface area contributed by atoms with Crippen LogP contribution in [0.1, 0.15) is 50.4 Å². The SMILES string of the molecule is CCNC(=NCC(c1cccs1)N1CCOC(C)C1)NC1CCC(O)CC1.I. The predicted molar refractivity (Wildman–Crippen MR) is 127 cm³/mol. The highest BCUT2D eigenvalue weighted by atomic mass is 127. The summed E-state index contributed by atoms with van der Waals surface area (Å²) in [5.74, 6) is 0.891. The lowest BCUT2D eigenvalue weighted by atomic mass is 9.93. The van der Waals surface area contributed by atoms with E-state index in [0.29, 0.717) is 12.1 Å². The van der Waals surface area contributed by atoms with Gasteiger partial charge in [-0.1, -0.05) is 6.07 Å². The number of morpholine rings is 1. The van der Waals surface area contributed by atoms with E-state index in [9.17, 15) is 5.11 Å². The maximum Gasteiger partial charge on any atom is 0.191 e. The second kappa shape index (κ2) is 12.3. The first kappa shape index (κ1) is 23.9. The Kier molecular flexibility index (Phi) is 10.5. The van der Waals surface area contributed by atoms with Gasteiger partial charge in [-0.2, -0.15) is 0 Å². The number of aliphatic hydroxyl groups excluding tert-OH is 1. The highest BCUT2D eigenvalue weighted by molar-refractivity contribution is 14.0. The maximum atomic E-state index is 9.72. The largest absolute Gasteiger partial charge is 0.393 e. The summed E-state index contributed by atoms with van der Waals surface area (Å²) >= 11 is 1.81. The molecule has 1 aliphatic carbocycles. The Hall–Kier alpha value is -0.420. The van der Waals surface area contributed by atoms with Gasteiger partial charge in [-0.25, -0.2) is 0 Å². The summed E-state index contributed by atoms with van der Waals surface area (Å²) in [5.41, 5.74) is 0. The lowest BCUT2D eigenvalue weighted by molar-refractivity contribution is -0.0327. The molecule has 3 N–H and O–H groups in total. The number of nitrogens with zero attached hydrogens (tertiary/aromatic N) is 2. The summed E-state index contributed by atoms with van der Waals surface area (Å²) in [7, 11) is 0. The van der Waals surface area contributed by atoms with Gasteiger partial charge in [-0.3, -0.25) is 9.89 Å². The Morgan fingerprint density at radius 2 is 2.18 bits per heavy atom. The second-order valence-electron chi connectivity index (χ2n) is 7.58. The molecule has 1 aromatic rings. The highest BCUT2D eigenvalue weighted by Crippen LogP contribution is 2.27. The first-order chi connectivity index (χ1) is 13.2. The van der Waals surface area contributed by atoms with Crippen LogP contribution in [0.25, 0.3) is 0 Å². The van der Waals surface area contributed by atoms with Crippen LogP contribution in [0.4, 0.5) is 0 Å². The number of thiophene rings is 1. The fourth-order valence-corrected chi connectivity index (χ4v) is 4.76. The van der Waals surface area contributed by atoms with Gasteiger partial charge < -0.3 is 20.5 Å². The second-order valence-corrected chi connectivity index (χ2v) is 8.56. The molecule has 1 aromatic heterocycles. The minimum atomic E-state index is -0.130. The highest BCUT2D eigenvalue weighted by Gasteiger charge is 2.26. The maximum absolute atomic E-state index is 9.72. The molecule has 1 aliphatic heterocycles. The third kappa shape index (κ3) is 7.12. The minimum Gasteiger partial charge on any atom is -0.393 e. The molecule has 2 fully saturated rings. The number of ether oxygens (including phenoxy) is 1. The van der Waals surface area contributed by atoms with Crippen molar-refractivity contribution >= 4 is 41.3 Å². The van der Waals surface area contributed by atoms with Gasteiger partial charge in [0.25, 0.3) is 0 Å². The molecule has 0 amide bonds. The zero-order chi connectivity index (χ0) is 19.1. The van der Waals surface area contributed by atoms with Crippen LogP contribution in [0.2, 0.25) is 0 Å². The number of halogens is 1. The van der Waals surface area contributed by atoms with Gasteiger partial charge in [-0.05, 0) is 51.0 Å². The van der Waals surface area contributed by atoms with Gasteiger partial charge in [-0.15, -0.1) is 35.3 Å². The molecule has 0 bridgehead atoms. The molecule has 0 spiro atoms. The fraction of sp³-hybridized carbons (Fsp3) is 0.750. The molecule has 1 saturated carbocycles. The molecule has 2 heterocycles. The normalized spacial score (nSPS) is 27.7. The Morgan fingerprint density at radius 3 is 2.82 bits per heavy atom. The van der Waals surface area contributed by atoms with Gasteiger partial charge in [0.2, 0.25) is 0 Å². The summed E-state index contributed by atoms with van der Waals surface area (Å²) in [5, 5.41) is 18.8. The van der Waals surface area contributed by atoms with Gasteiger partial charge in [0, 0.05) is 30.6 Å². The van der Waals surface area contributed by atoms with E-state index in [1.807, 2.05) is 0 Å². The zero-order valence-electron chi connectivity index (χ0n) is 17.0. The van der Waals surface area contributed by atoms with Crippen LogP contribution in [0.15, 0.2) is 22.5 Å². The monoisotopic (exact) mass is 522 g/mol. The van der Waals surface area contributed by atoms with Gasteiger partial charge in [0.05, 0.1) is 31.4 Å². The molecule has 6 nitrogen and oxygen atoms in total. The van der Waals surface area contributed by atoms with E-state index in [-0.39, 0.29) is 36.2 Å². The van der Waals surface area contributed by atoms with Crippen molar-refractivity contribution in [2.45, 2.75) is 63.8 Å². The van der Waals surface area contributed by atoms with E-state index in [2.05, 4.69) is 46.9 Å². The van der Waals surface area contributed by atoms with E-state index in [1.165, 1.54) is 4.88 Å². The third-order valence-electron chi connectivity index (χ3n) is 5.39. The van der Waals surface area contributed by atoms with Gasteiger partial charge in [0.15, 0.2) is 5.96 Å². The van der Waals surface area contributed by atoms with Crippen molar-refractivity contribution in [1.29, 1.82) is 0 Å². The fourth-order valence-electron chi connectivity index (χ4n) is 3.91. The number of rotatable bonds is 6. The summed E-state index contributed by atoms with van der Waals surface area (Å²) in [6.07, 6.45) is 3.89. The van der Waals surface area contributed by atoms with Crippen LogP contribution in [-0.2, 0) is 4.74 Å². The Morgan fingerprint density at radius 1 is 1.39 bits per heavy atom. The average Bonchev–Trinajstić information content (AvgIpc) is 3.18. The minimum absolute atomic E-state index is 0. The van der Waals surface area contributed by atoms with Crippen LogP contribution in [0.3, 0.4) is 0 Å². The smallest absolute Gasteiger partial charge is 0.191 e. The molecule has 0 radical (unpaired) electrons. The van der Waals surface area contributed by atoms with Crippen molar-refractivity contribution in [2.24, 2.45) is 4.99 Å². The first-order valence-corrected chi connectivity index (χ1v) is 11.2. The molecule has 28 heavy (non-hydrogen) atoms. The van der Waals surface area contributed by atoms with Gasteiger partial charge in [0.1, 0.15) is 0 Å². The lowest BCUT2D eigenvalue weighted by Crippen LogP contribution is -2.46. The standard InChI is InChI=1S/C20H34N4O2S.HI/c1-3-21-20(23-16-6-8-17(25)9-7-16)22-13-18(19-5-4-12-27-19)24-10-11-26-15(2)14-24;/h4-5,12,15-18,25H,3,6-11,13-14H2,1-2H3,(H2,21,22,23);1H. The van der Waals surface area contributed by atoms with Crippen LogP contribution in [0.5, 0.6) is 0 Å². The molecule has 2 atom stereocenters. The molecule has 0 aromatic carbocycles.